The van der Waals surface area contributed by atoms with Crippen molar-refractivity contribution in [1.82, 2.24) is 4.98 Å². The molecule has 0 unspecified atom stereocenters. The molecule has 6 heteroatoms. The Morgan fingerprint density at radius 1 is 1.46 bits per heavy atom. The molecule has 2 nitrogen and oxygen atoms in total. The third-order valence-corrected chi connectivity index (χ3v) is 1.78. The highest BCUT2D eigenvalue weighted by Crippen LogP contribution is 2.35. The molecule has 0 bridgehead atoms. The average Bonchev–Trinajstić information content (AvgIpc) is 2.01. The van der Waals surface area contributed by atoms with Gasteiger partial charge in [-0.15, -0.1) is 11.6 Å². The van der Waals surface area contributed by atoms with Crippen LogP contribution in [0.1, 0.15) is 11.1 Å². The summed E-state index contributed by atoms with van der Waals surface area (Å²) in [6.07, 6.45) is -3.30. The van der Waals surface area contributed by atoms with Crippen LogP contribution in [0, 0.1) is 0 Å². The van der Waals surface area contributed by atoms with Crippen molar-refractivity contribution in [2.75, 3.05) is 5.73 Å². The molecule has 1 aromatic rings. The molecule has 0 saturated heterocycles. The number of halogens is 4. The van der Waals surface area contributed by atoms with Crippen molar-refractivity contribution in [2.24, 2.45) is 0 Å². The van der Waals surface area contributed by atoms with E-state index in [0.29, 0.717) is 0 Å². The molecule has 1 heterocycles. The lowest BCUT2D eigenvalue weighted by atomic mass is 10.1. The third-order valence-electron chi connectivity index (χ3n) is 1.49. The van der Waals surface area contributed by atoms with E-state index in [0.717, 1.165) is 0 Å². The predicted molar refractivity (Wildman–Crippen MR) is 43.2 cm³/mol. The standard InChI is InChI=1S/C7H6ClF3N2/c8-3-4-1-2-13-6(12)5(4)7(9,10)11/h1-2H,3H2,(H2,12,13). The van der Waals surface area contributed by atoms with Crippen molar-refractivity contribution in [2.45, 2.75) is 12.1 Å². The van der Waals surface area contributed by atoms with E-state index in [9.17, 15) is 13.2 Å². The monoisotopic (exact) mass is 210 g/mol. The van der Waals surface area contributed by atoms with Gasteiger partial charge in [-0.1, -0.05) is 0 Å². The second-order valence-electron chi connectivity index (χ2n) is 2.36. The maximum absolute atomic E-state index is 12.3. The van der Waals surface area contributed by atoms with Gasteiger partial charge in [-0.2, -0.15) is 13.2 Å². The number of nitrogens with zero attached hydrogens (tertiary/aromatic N) is 1. The van der Waals surface area contributed by atoms with Gasteiger partial charge in [0.15, 0.2) is 0 Å². The Morgan fingerprint density at radius 2 is 2.08 bits per heavy atom. The van der Waals surface area contributed by atoms with Crippen molar-refractivity contribution >= 4 is 17.4 Å². The minimum Gasteiger partial charge on any atom is -0.383 e. The Balaban J connectivity index is 3.32. The van der Waals surface area contributed by atoms with Crippen LogP contribution in [0.25, 0.3) is 0 Å². The summed E-state index contributed by atoms with van der Waals surface area (Å²) in [5.74, 6) is -0.771. The number of nitrogen functional groups attached to an aromatic ring is 1. The number of hydrogen-bond acceptors (Lipinski definition) is 2. The van der Waals surface area contributed by atoms with Gasteiger partial charge in [0.2, 0.25) is 0 Å². The van der Waals surface area contributed by atoms with Crippen LogP contribution in [0.3, 0.4) is 0 Å². The molecule has 0 aliphatic carbocycles. The smallest absolute Gasteiger partial charge is 0.383 e. The Bertz CT molecular complexity index is 311. The van der Waals surface area contributed by atoms with E-state index >= 15 is 0 Å². The second kappa shape index (κ2) is 3.41. The van der Waals surface area contributed by atoms with Crippen LogP contribution in [0.4, 0.5) is 19.0 Å². The van der Waals surface area contributed by atoms with Gasteiger partial charge in [0.1, 0.15) is 11.4 Å². The van der Waals surface area contributed by atoms with Crippen LogP contribution in [0.15, 0.2) is 12.3 Å². The summed E-state index contributed by atoms with van der Waals surface area (Å²) in [4.78, 5) is 3.35. The fourth-order valence-corrected chi connectivity index (χ4v) is 1.18. The van der Waals surface area contributed by atoms with Crippen LogP contribution < -0.4 is 5.73 Å². The van der Waals surface area contributed by atoms with Crippen molar-refractivity contribution in [1.29, 1.82) is 0 Å². The maximum Gasteiger partial charge on any atom is 0.420 e. The molecule has 0 spiro atoms. The summed E-state index contributed by atoms with van der Waals surface area (Å²) in [6.45, 7) is 0. The Labute approximate surface area is 77.5 Å². The summed E-state index contributed by atoms with van der Waals surface area (Å²) in [7, 11) is 0. The molecule has 0 aliphatic heterocycles. The van der Waals surface area contributed by atoms with Crippen LogP contribution in [-0.2, 0) is 12.1 Å². The van der Waals surface area contributed by atoms with E-state index in [-0.39, 0.29) is 11.4 Å². The highest BCUT2D eigenvalue weighted by molar-refractivity contribution is 6.17. The van der Waals surface area contributed by atoms with Crippen molar-refractivity contribution in [3.05, 3.63) is 23.4 Å². The van der Waals surface area contributed by atoms with Gasteiger partial charge in [-0.25, -0.2) is 4.98 Å². The van der Waals surface area contributed by atoms with Gasteiger partial charge in [0.25, 0.3) is 0 Å². The molecule has 1 aromatic heterocycles. The fraction of sp³-hybridized carbons (Fsp3) is 0.286. The Hall–Kier alpha value is -0.970. The first-order valence-corrected chi connectivity index (χ1v) is 3.86. The molecule has 0 fully saturated rings. The molecule has 72 valence electrons. The van der Waals surface area contributed by atoms with E-state index in [1.165, 1.54) is 12.3 Å². The zero-order valence-corrected chi connectivity index (χ0v) is 7.15. The van der Waals surface area contributed by atoms with Gasteiger partial charge in [0.05, 0.1) is 0 Å². The second-order valence-corrected chi connectivity index (χ2v) is 2.63. The van der Waals surface area contributed by atoms with Crippen molar-refractivity contribution in [3.63, 3.8) is 0 Å². The van der Waals surface area contributed by atoms with Gasteiger partial charge in [0, 0.05) is 12.1 Å². The average molecular weight is 211 g/mol. The van der Waals surface area contributed by atoms with Gasteiger partial charge < -0.3 is 5.73 Å². The fourth-order valence-electron chi connectivity index (χ4n) is 0.959. The third kappa shape index (κ3) is 2.03. The predicted octanol–water partition coefficient (Wildman–Crippen LogP) is 2.42. The quantitative estimate of drug-likeness (QED) is 0.723. The molecule has 0 aromatic carbocycles. The highest BCUT2D eigenvalue weighted by atomic mass is 35.5. The molecular formula is C7H6ClF3N2. The molecule has 0 atom stereocenters. The van der Waals surface area contributed by atoms with Gasteiger partial charge in [-0.3, -0.25) is 0 Å². The summed E-state index contributed by atoms with van der Waals surface area (Å²) >= 11 is 5.33. The van der Waals surface area contributed by atoms with Crippen LogP contribution in [0.5, 0.6) is 0 Å². The number of nitrogens with two attached hydrogens (primary N) is 1. The SMILES string of the molecule is Nc1nccc(CCl)c1C(F)(F)F. The first-order chi connectivity index (χ1) is 5.96. The van der Waals surface area contributed by atoms with Crippen molar-refractivity contribution < 1.29 is 13.2 Å². The van der Waals surface area contributed by atoms with E-state index in [2.05, 4.69) is 4.98 Å². The number of alkyl halides is 4. The minimum atomic E-state index is -4.50. The molecule has 13 heavy (non-hydrogen) atoms. The maximum atomic E-state index is 12.3. The topological polar surface area (TPSA) is 38.9 Å². The van der Waals surface area contributed by atoms with Crippen LogP contribution in [-0.4, -0.2) is 4.98 Å². The molecule has 0 radical (unpaired) electrons. The summed E-state index contributed by atoms with van der Waals surface area (Å²) in [5, 5.41) is 0. The van der Waals surface area contributed by atoms with E-state index < -0.39 is 17.6 Å². The number of anilines is 1. The highest BCUT2D eigenvalue weighted by Gasteiger charge is 2.36. The number of rotatable bonds is 1. The lowest BCUT2D eigenvalue weighted by Gasteiger charge is -2.12. The summed E-state index contributed by atoms with van der Waals surface area (Å²) in [5.41, 5.74) is 4.10. The van der Waals surface area contributed by atoms with E-state index in [1.54, 1.807) is 0 Å². The summed E-state index contributed by atoms with van der Waals surface area (Å²) < 4.78 is 37.0. The largest absolute Gasteiger partial charge is 0.420 e. The van der Waals surface area contributed by atoms with E-state index in [1.807, 2.05) is 0 Å². The van der Waals surface area contributed by atoms with Crippen LogP contribution in [0.2, 0.25) is 0 Å². The molecule has 2 N–H and O–H groups in total. The van der Waals surface area contributed by atoms with Crippen molar-refractivity contribution in [3.8, 4) is 0 Å². The number of aromatic nitrogens is 1. The van der Waals surface area contributed by atoms with Gasteiger partial charge >= 0.3 is 6.18 Å². The normalized spacial score (nSPS) is 11.7. The first-order valence-electron chi connectivity index (χ1n) is 3.33. The zero-order valence-electron chi connectivity index (χ0n) is 6.40. The Morgan fingerprint density at radius 3 is 2.46 bits per heavy atom. The lowest BCUT2D eigenvalue weighted by Crippen LogP contribution is -2.13. The first kappa shape index (κ1) is 10.1. The molecule has 0 amide bonds. The number of hydrogen-bond donors (Lipinski definition) is 1. The number of pyridine rings is 1. The molecular weight excluding hydrogens is 205 g/mol. The van der Waals surface area contributed by atoms with E-state index in [4.69, 9.17) is 17.3 Å². The lowest BCUT2D eigenvalue weighted by molar-refractivity contribution is -0.137. The van der Waals surface area contributed by atoms with Crippen LogP contribution >= 0.6 is 11.6 Å². The zero-order chi connectivity index (χ0) is 10.1. The van der Waals surface area contributed by atoms with Gasteiger partial charge in [-0.05, 0) is 11.6 Å². The minimum absolute atomic E-state index is 0.0540. The molecule has 1 rings (SSSR count). The Kier molecular flexibility index (Phi) is 2.66. The summed E-state index contributed by atoms with van der Waals surface area (Å²) in [6, 6.07) is 1.20. The molecule has 0 aliphatic rings. The molecule has 0 saturated carbocycles.